The van der Waals surface area contributed by atoms with Crippen LogP contribution in [0.4, 0.5) is 9.59 Å². The van der Waals surface area contributed by atoms with E-state index in [2.05, 4.69) is 61.1 Å². The maximum absolute atomic E-state index is 13.2. The van der Waals surface area contributed by atoms with Crippen molar-refractivity contribution in [2.24, 2.45) is 11.5 Å². The summed E-state index contributed by atoms with van der Waals surface area (Å²) in [5, 5.41) is 30.2. The quantitative estimate of drug-likeness (QED) is 0.0179. The number of aromatic nitrogens is 6. The van der Waals surface area contributed by atoms with Gasteiger partial charge in [-0.2, -0.15) is 0 Å². The number of nitrogens with one attached hydrogen (secondary N) is 6. The minimum atomic E-state index is -3.73. The van der Waals surface area contributed by atoms with Gasteiger partial charge in [0.1, 0.15) is 35.1 Å². The molecule has 2 aliphatic heterocycles. The van der Waals surface area contributed by atoms with Gasteiger partial charge in [-0.1, -0.05) is 82.5 Å². The molecule has 2 aliphatic carbocycles. The Kier molecular flexibility index (Phi) is 25.5. The van der Waals surface area contributed by atoms with Crippen molar-refractivity contribution in [3.8, 4) is 11.5 Å². The number of rotatable bonds is 33. The molecule has 24 nitrogen and oxygen atoms in total. The van der Waals surface area contributed by atoms with Crippen molar-refractivity contribution in [1.82, 2.24) is 70.5 Å². The highest BCUT2D eigenvalue weighted by Crippen LogP contribution is 2.45. The van der Waals surface area contributed by atoms with E-state index in [0.29, 0.717) is 121 Å². The third kappa shape index (κ3) is 19.9. The molecule has 4 amide bonds. The molecular weight excluding hydrogens is 1330 g/mol. The van der Waals surface area contributed by atoms with Crippen LogP contribution >= 0.6 is 46.4 Å². The number of likely N-dealkylation sites (tertiary alicyclic amines) is 2. The van der Waals surface area contributed by atoms with Gasteiger partial charge in [0.25, 0.3) is 0 Å². The summed E-state index contributed by atoms with van der Waals surface area (Å²) in [5.74, 6) is 1.10. The van der Waals surface area contributed by atoms with Crippen LogP contribution in [0.25, 0.3) is 0 Å². The van der Waals surface area contributed by atoms with Crippen LogP contribution in [0.5, 0.6) is 11.5 Å². The molecule has 6 aromatic rings. The third-order valence-electron chi connectivity index (χ3n) is 17.7. The van der Waals surface area contributed by atoms with Crippen molar-refractivity contribution in [3.63, 3.8) is 0 Å². The predicted molar refractivity (Wildman–Crippen MR) is 362 cm³/mol. The lowest BCUT2D eigenvalue weighted by molar-refractivity contribution is 0.0592. The van der Waals surface area contributed by atoms with E-state index in [0.717, 1.165) is 113 Å². The number of urea groups is 2. The van der Waals surface area contributed by atoms with Crippen molar-refractivity contribution in [1.29, 1.82) is 0 Å². The van der Waals surface area contributed by atoms with E-state index in [1.165, 1.54) is 0 Å². The first-order valence-electron chi connectivity index (χ1n) is 32.6. The highest BCUT2D eigenvalue weighted by atomic mass is 35.5. The Morgan fingerprint density at radius 3 is 1.32 bits per heavy atom. The first-order chi connectivity index (χ1) is 45.3. The molecule has 0 radical (unpaired) electrons. The molecule has 510 valence electrons. The number of piperidine rings is 2. The SMILES string of the molecule is N[C@@H]1CCCN([C@H]2Cc3c(Cl)cc(Cl)cc3[C@@H]2Oc2ccc(S(=O)(=O)NCCCCCCn3cc(CNC(=O)NCCCCNC(=O)NCc4cn(CCCCCCNS(=O)(=O)c5ccc(O[C@H]6c7cc(Cl)cc(Cl)c7C[C@@H]6N6CCC[C@@H](N)C6)cc5)nn4)nn3)cc2)C1. The predicted octanol–water partition coefficient (Wildman–Crippen LogP) is 8.58. The van der Waals surface area contributed by atoms with Gasteiger partial charge in [-0.05, 0) is 174 Å². The normalized spacial score (nSPS) is 20.0. The molecular formula is C64H86Cl4N16O8S2. The van der Waals surface area contributed by atoms with Crippen LogP contribution in [-0.4, -0.2) is 145 Å². The lowest BCUT2D eigenvalue weighted by Crippen LogP contribution is -2.49. The minimum absolute atomic E-state index is 0.0194. The number of carbonyl (C=O) groups is 2. The number of unbranched alkanes of at least 4 members (excludes halogenated alkanes) is 7. The molecule has 10 rings (SSSR count). The molecule has 2 saturated heterocycles. The fourth-order valence-corrected chi connectivity index (χ4v) is 16.1. The van der Waals surface area contributed by atoms with Crippen molar-refractivity contribution >= 4 is 78.5 Å². The number of carbonyl (C=O) groups excluding carboxylic acids is 2. The summed E-state index contributed by atoms with van der Waals surface area (Å²) in [6.45, 7) is 6.47. The molecule has 30 heteroatoms. The smallest absolute Gasteiger partial charge is 0.315 e. The number of nitrogens with two attached hydrogens (primary N) is 2. The fraction of sp³-hybridized carbons (Fsp3) is 0.531. The number of sulfonamides is 2. The van der Waals surface area contributed by atoms with Crippen LogP contribution in [0.2, 0.25) is 20.1 Å². The Bertz CT molecular complexity index is 3480. The largest absolute Gasteiger partial charge is 0.484 e. The maximum atomic E-state index is 13.2. The van der Waals surface area contributed by atoms with Gasteiger partial charge in [-0.3, -0.25) is 19.2 Å². The summed E-state index contributed by atoms with van der Waals surface area (Å²) in [7, 11) is -7.47. The summed E-state index contributed by atoms with van der Waals surface area (Å²) in [4.78, 5) is 30.0. The molecule has 2 fully saturated rings. The van der Waals surface area contributed by atoms with E-state index < -0.39 is 20.0 Å². The second kappa shape index (κ2) is 33.9. The van der Waals surface area contributed by atoms with Crippen LogP contribution in [0.1, 0.15) is 136 Å². The zero-order chi connectivity index (χ0) is 66.2. The van der Waals surface area contributed by atoms with Crippen LogP contribution in [0, 0.1) is 0 Å². The molecule has 94 heavy (non-hydrogen) atoms. The van der Waals surface area contributed by atoms with Gasteiger partial charge in [-0.15, -0.1) is 10.2 Å². The van der Waals surface area contributed by atoms with Gasteiger partial charge in [0.2, 0.25) is 20.0 Å². The van der Waals surface area contributed by atoms with Gasteiger partial charge in [0.05, 0.1) is 47.4 Å². The van der Waals surface area contributed by atoms with Crippen LogP contribution in [0.15, 0.2) is 95.0 Å². The Balaban J connectivity index is 0.520. The standard InChI is InChI=1S/C64H86Cl4N16O8S2/c65-43-31-55-53(57(67)33-43)35-59(81-27-11-13-45(69)39-81)61(55)91-49-15-19-51(20-16-49)93(87,88)75-25-5-1-3-9-29-83-41-47(77-79-83)37-73-63(85)71-23-7-8-24-72-64(86)74-38-48-42-84(80-78-48)30-10-4-2-6-26-76-94(89,90)52-21-17-50(18-22-52)92-62-56-32-44(66)34-58(68)54(56)36-60(62)82-28-12-14-46(70)40-82/h15-22,31-34,41-42,45-46,59-62,75-76H,1-14,23-30,35-40,69-70H2,(H2,71,73,85)(H2,72,74,86)/t45-,46-,59+,60+,61+,62+/m1/s1. The average Bonchev–Trinajstić information content (AvgIpc) is 1.62. The zero-order valence-electron chi connectivity index (χ0n) is 52.7. The number of aryl methyl sites for hydroxylation is 2. The van der Waals surface area contributed by atoms with E-state index in [-0.39, 0.29) is 71.3 Å². The number of nitrogens with zero attached hydrogens (tertiary/aromatic N) is 8. The fourth-order valence-electron chi connectivity index (χ4n) is 12.8. The van der Waals surface area contributed by atoms with Gasteiger partial charge in [0.15, 0.2) is 0 Å². The van der Waals surface area contributed by atoms with Crippen LogP contribution < -0.4 is 51.7 Å². The number of halogens is 4. The van der Waals surface area contributed by atoms with Gasteiger partial charge in [-0.25, -0.2) is 35.9 Å². The molecule has 2 aromatic heterocycles. The Morgan fingerprint density at radius 1 is 0.521 bits per heavy atom. The van der Waals surface area contributed by atoms with Crippen molar-refractivity contribution in [3.05, 3.63) is 139 Å². The molecule has 4 heterocycles. The summed E-state index contributed by atoms with van der Waals surface area (Å²) in [6, 6.07) is 19.9. The van der Waals surface area contributed by atoms with Gasteiger partial charge < -0.3 is 42.2 Å². The van der Waals surface area contributed by atoms with E-state index in [1.54, 1.807) is 82.4 Å². The van der Waals surface area contributed by atoms with E-state index in [4.69, 9.17) is 67.3 Å². The highest BCUT2D eigenvalue weighted by Gasteiger charge is 2.42. The molecule has 0 spiro atoms. The minimum Gasteiger partial charge on any atom is -0.484 e. The lowest BCUT2D eigenvalue weighted by atomic mass is 10.0. The third-order valence-corrected chi connectivity index (χ3v) is 21.7. The molecule has 4 aliphatic rings. The van der Waals surface area contributed by atoms with E-state index in [9.17, 15) is 26.4 Å². The maximum Gasteiger partial charge on any atom is 0.315 e. The summed E-state index contributed by atoms with van der Waals surface area (Å²) < 4.78 is 74.8. The average molecular weight is 1410 g/mol. The van der Waals surface area contributed by atoms with Crippen molar-refractivity contribution in [2.75, 3.05) is 52.4 Å². The summed E-state index contributed by atoms with van der Waals surface area (Å²) in [6.07, 6.45) is 15.9. The van der Waals surface area contributed by atoms with Crippen LogP contribution in [-0.2, 0) is 59.1 Å². The molecule has 0 bridgehead atoms. The number of hydrogen-bond acceptors (Lipinski definition) is 16. The zero-order valence-corrected chi connectivity index (χ0v) is 57.3. The van der Waals surface area contributed by atoms with Crippen molar-refractivity contribution in [2.45, 2.75) is 175 Å². The number of amides is 4. The molecule has 0 saturated carbocycles. The van der Waals surface area contributed by atoms with Gasteiger partial charge >= 0.3 is 12.1 Å². The molecule has 4 aromatic carbocycles. The monoisotopic (exact) mass is 1410 g/mol. The Labute approximate surface area is 570 Å². The number of benzene rings is 4. The molecule has 10 N–H and O–H groups in total. The van der Waals surface area contributed by atoms with Crippen LogP contribution in [0.3, 0.4) is 0 Å². The molecule has 0 unspecified atom stereocenters. The second-order valence-electron chi connectivity index (χ2n) is 24.8. The Hall–Kier alpha value is -5.88. The summed E-state index contributed by atoms with van der Waals surface area (Å²) in [5.41, 5.74) is 17.8. The van der Waals surface area contributed by atoms with Gasteiger partial charge in [0, 0.05) is 95.7 Å². The van der Waals surface area contributed by atoms with E-state index >= 15 is 0 Å². The number of hydrogen-bond donors (Lipinski definition) is 8. The second-order valence-corrected chi connectivity index (χ2v) is 30.0. The summed E-state index contributed by atoms with van der Waals surface area (Å²) >= 11 is 26.2. The van der Waals surface area contributed by atoms with E-state index in [1.807, 2.05) is 12.1 Å². The first kappa shape index (κ1) is 70.9. The number of ether oxygens (including phenoxy) is 2. The Morgan fingerprint density at radius 2 is 0.915 bits per heavy atom. The first-order valence-corrected chi connectivity index (χ1v) is 37.1. The topological polar surface area (TPSA) is 313 Å². The molecule has 6 atom stereocenters. The highest BCUT2D eigenvalue weighted by molar-refractivity contribution is 7.89. The number of fused-ring (bicyclic) bond motifs is 2. The lowest BCUT2D eigenvalue weighted by Gasteiger charge is -2.38. The van der Waals surface area contributed by atoms with Crippen molar-refractivity contribution < 1.29 is 35.9 Å².